The number of thiazole rings is 1. The van der Waals surface area contributed by atoms with Gasteiger partial charge in [-0.3, -0.25) is 14.7 Å². The van der Waals surface area contributed by atoms with E-state index in [9.17, 15) is 4.79 Å². The fourth-order valence-electron chi connectivity index (χ4n) is 3.57. The molecule has 33 heavy (non-hydrogen) atoms. The van der Waals surface area contributed by atoms with Crippen molar-refractivity contribution in [3.8, 4) is 11.5 Å². The molecule has 2 aromatic carbocycles. The molecule has 6 nitrogen and oxygen atoms in total. The van der Waals surface area contributed by atoms with Crippen LogP contribution in [0.5, 0.6) is 11.5 Å². The quantitative estimate of drug-likeness (QED) is 0.324. The molecule has 2 aromatic heterocycles. The van der Waals surface area contributed by atoms with Crippen LogP contribution in [0.4, 0.5) is 5.13 Å². The Morgan fingerprint density at radius 3 is 2.55 bits per heavy atom. The number of aryl methyl sites for hydroxylation is 2. The maximum atomic E-state index is 13.8. The van der Waals surface area contributed by atoms with Crippen LogP contribution >= 0.6 is 11.3 Å². The SMILES string of the molecule is CCOc1ccc(C(=O)N(Cc2cccnc2)c2nc3c(C)c(C)ccc3s2)cc1OCC. The summed E-state index contributed by atoms with van der Waals surface area (Å²) < 4.78 is 12.5. The smallest absolute Gasteiger partial charge is 0.260 e. The van der Waals surface area contributed by atoms with Gasteiger partial charge >= 0.3 is 0 Å². The minimum absolute atomic E-state index is 0.156. The number of carbonyl (C=O) groups excluding carboxylic acids is 1. The van der Waals surface area contributed by atoms with Gasteiger partial charge in [-0.1, -0.05) is 23.5 Å². The van der Waals surface area contributed by atoms with E-state index in [1.165, 1.54) is 16.9 Å². The van der Waals surface area contributed by atoms with Gasteiger partial charge in [0.2, 0.25) is 0 Å². The average molecular weight is 462 g/mol. The van der Waals surface area contributed by atoms with Crippen LogP contribution in [0.1, 0.15) is 40.9 Å². The minimum atomic E-state index is -0.156. The van der Waals surface area contributed by atoms with Gasteiger partial charge in [-0.05, 0) is 74.7 Å². The summed E-state index contributed by atoms with van der Waals surface area (Å²) in [6.45, 7) is 9.32. The fourth-order valence-corrected chi connectivity index (χ4v) is 4.59. The Labute approximate surface area is 197 Å². The van der Waals surface area contributed by atoms with Gasteiger partial charge in [0.1, 0.15) is 0 Å². The topological polar surface area (TPSA) is 64.5 Å². The van der Waals surface area contributed by atoms with Crippen LogP contribution < -0.4 is 14.4 Å². The molecule has 4 aromatic rings. The molecule has 0 bridgehead atoms. The zero-order chi connectivity index (χ0) is 23.4. The van der Waals surface area contributed by atoms with E-state index in [0.29, 0.717) is 42.0 Å². The highest BCUT2D eigenvalue weighted by Crippen LogP contribution is 2.35. The lowest BCUT2D eigenvalue weighted by Gasteiger charge is -2.21. The molecule has 1 amide bonds. The molecular formula is C26H27N3O3S. The van der Waals surface area contributed by atoms with Crippen LogP contribution in [0.3, 0.4) is 0 Å². The molecule has 4 rings (SSSR count). The van der Waals surface area contributed by atoms with Crippen molar-refractivity contribution >= 4 is 32.6 Å². The van der Waals surface area contributed by atoms with Gasteiger partial charge in [-0.15, -0.1) is 0 Å². The molecule has 0 aliphatic heterocycles. The Bertz CT molecular complexity index is 1270. The summed E-state index contributed by atoms with van der Waals surface area (Å²) in [6, 6.07) is 13.3. The summed E-state index contributed by atoms with van der Waals surface area (Å²) in [7, 11) is 0. The predicted octanol–water partition coefficient (Wildman–Crippen LogP) is 5.95. The van der Waals surface area contributed by atoms with Gasteiger partial charge in [0.15, 0.2) is 16.6 Å². The molecule has 170 valence electrons. The summed E-state index contributed by atoms with van der Waals surface area (Å²) in [5, 5.41) is 0.652. The summed E-state index contributed by atoms with van der Waals surface area (Å²) in [5.74, 6) is 1.03. The molecule has 0 saturated carbocycles. The van der Waals surface area contributed by atoms with E-state index in [1.54, 1.807) is 35.5 Å². The number of carbonyl (C=O) groups is 1. The summed E-state index contributed by atoms with van der Waals surface area (Å²) in [5.41, 5.74) is 4.67. The third-order valence-corrected chi connectivity index (χ3v) is 6.45. The van der Waals surface area contributed by atoms with Gasteiger partial charge in [0.25, 0.3) is 5.91 Å². The maximum absolute atomic E-state index is 13.8. The second-order valence-electron chi connectivity index (χ2n) is 7.63. The third-order valence-electron chi connectivity index (χ3n) is 5.40. The predicted molar refractivity (Wildman–Crippen MR) is 133 cm³/mol. The Morgan fingerprint density at radius 1 is 1.03 bits per heavy atom. The van der Waals surface area contributed by atoms with E-state index in [1.807, 2.05) is 26.0 Å². The van der Waals surface area contributed by atoms with E-state index in [0.717, 1.165) is 21.3 Å². The van der Waals surface area contributed by atoms with Crippen LogP contribution in [-0.4, -0.2) is 29.1 Å². The number of anilines is 1. The van der Waals surface area contributed by atoms with Crippen LogP contribution in [0.15, 0.2) is 54.9 Å². The van der Waals surface area contributed by atoms with Gasteiger partial charge in [-0.2, -0.15) is 0 Å². The van der Waals surface area contributed by atoms with Crippen molar-refractivity contribution < 1.29 is 14.3 Å². The van der Waals surface area contributed by atoms with Crippen molar-refractivity contribution in [3.05, 3.63) is 77.1 Å². The van der Waals surface area contributed by atoms with Crippen LogP contribution in [-0.2, 0) is 6.54 Å². The molecule has 7 heteroatoms. The number of benzene rings is 2. The molecule has 0 radical (unpaired) electrons. The van der Waals surface area contributed by atoms with E-state index in [2.05, 4.69) is 31.0 Å². The Kier molecular flexibility index (Phi) is 6.89. The first-order chi connectivity index (χ1) is 16.0. The molecular weight excluding hydrogens is 434 g/mol. The first-order valence-electron chi connectivity index (χ1n) is 11.0. The fraction of sp³-hybridized carbons (Fsp3) is 0.269. The highest BCUT2D eigenvalue weighted by Gasteiger charge is 2.24. The largest absolute Gasteiger partial charge is 0.490 e. The zero-order valence-corrected chi connectivity index (χ0v) is 20.1. The summed E-state index contributed by atoms with van der Waals surface area (Å²) in [6.07, 6.45) is 3.49. The standard InChI is InChI=1S/C26H27N3O3S/c1-5-31-21-11-10-20(14-22(21)32-6-2)25(30)29(16-19-8-7-13-27-15-19)26-28-24-18(4)17(3)9-12-23(24)33-26/h7-15H,5-6,16H2,1-4H3. The highest BCUT2D eigenvalue weighted by molar-refractivity contribution is 7.22. The molecule has 0 saturated heterocycles. The number of hydrogen-bond acceptors (Lipinski definition) is 6. The average Bonchev–Trinajstić information content (AvgIpc) is 3.26. The van der Waals surface area contributed by atoms with Crippen LogP contribution in [0.2, 0.25) is 0 Å². The molecule has 0 aliphatic rings. The van der Waals surface area contributed by atoms with Gasteiger partial charge < -0.3 is 9.47 Å². The second-order valence-corrected chi connectivity index (χ2v) is 8.64. The first kappa shape index (κ1) is 22.7. The second kappa shape index (κ2) is 10.0. The Morgan fingerprint density at radius 2 is 1.82 bits per heavy atom. The lowest BCUT2D eigenvalue weighted by Crippen LogP contribution is -2.30. The van der Waals surface area contributed by atoms with Gasteiger partial charge in [0.05, 0.1) is 30.0 Å². The van der Waals surface area contributed by atoms with E-state index < -0.39 is 0 Å². The molecule has 0 spiro atoms. The lowest BCUT2D eigenvalue weighted by molar-refractivity contribution is 0.0984. The van der Waals surface area contributed by atoms with Gasteiger partial charge in [0, 0.05) is 18.0 Å². The first-order valence-corrected chi connectivity index (χ1v) is 11.8. The van der Waals surface area contributed by atoms with Crippen molar-refractivity contribution in [1.29, 1.82) is 0 Å². The lowest BCUT2D eigenvalue weighted by atomic mass is 10.1. The number of rotatable bonds is 8. The highest BCUT2D eigenvalue weighted by atomic mass is 32.1. The number of fused-ring (bicyclic) bond motifs is 1. The number of pyridine rings is 1. The Hall–Kier alpha value is -3.45. The number of amides is 1. The molecule has 0 atom stereocenters. The van der Waals surface area contributed by atoms with E-state index >= 15 is 0 Å². The van der Waals surface area contributed by atoms with Crippen molar-refractivity contribution in [2.75, 3.05) is 18.1 Å². The zero-order valence-electron chi connectivity index (χ0n) is 19.3. The van der Waals surface area contributed by atoms with Crippen molar-refractivity contribution in [3.63, 3.8) is 0 Å². The summed E-state index contributed by atoms with van der Waals surface area (Å²) in [4.78, 5) is 24.6. The molecule has 0 aliphatic carbocycles. The molecule has 0 N–H and O–H groups in total. The summed E-state index contributed by atoms with van der Waals surface area (Å²) >= 11 is 1.51. The third kappa shape index (κ3) is 4.83. The number of nitrogens with zero attached hydrogens (tertiary/aromatic N) is 3. The molecule has 0 unspecified atom stereocenters. The molecule has 2 heterocycles. The maximum Gasteiger partial charge on any atom is 0.260 e. The normalized spacial score (nSPS) is 10.9. The number of aromatic nitrogens is 2. The number of ether oxygens (including phenoxy) is 2. The number of hydrogen-bond donors (Lipinski definition) is 0. The van der Waals surface area contributed by atoms with Crippen molar-refractivity contribution in [1.82, 2.24) is 9.97 Å². The Balaban J connectivity index is 1.77. The van der Waals surface area contributed by atoms with Crippen LogP contribution in [0, 0.1) is 13.8 Å². The van der Waals surface area contributed by atoms with Crippen molar-refractivity contribution in [2.24, 2.45) is 0 Å². The van der Waals surface area contributed by atoms with E-state index in [-0.39, 0.29) is 5.91 Å². The van der Waals surface area contributed by atoms with E-state index in [4.69, 9.17) is 14.5 Å². The van der Waals surface area contributed by atoms with Crippen molar-refractivity contribution in [2.45, 2.75) is 34.2 Å². The van der Waals surface area contributed by atoms with Gasteiger partial charge in [-0.25, -0.2) is 4.98 Å². The minimum Gasteiger partial charge on any atom is -0.490 e. The van der Waals surface area contributed by atoms with Crippen LogP contribution in [0.25, 0.3) is 10.2 Å². The monoisotopic (exact) mass is 461 g/mol. The molecule has 0 fully saturated rings.